The van der Waals surface area contributed by atoms with Crippen LogP contribution in [0.25, 0.3) is 0 Å². The number of hydrogen-bond acceptors (Lipinski definition) is 9. The standard InChI is InChI=1S/C23H18Cl2N8O2/c24-19-7-4-8-20(25)18(19)14-27-32-23-30-21(26-13-15-5-2-1-3-6-15)29-22(31-23)28-16-9-11-17(12-10-16)33(34)35/h1-12,14H,13H2,(H3,26,28,29,30,31,32)/b27-14-. The summed E-state index contributed by atoms with van der Waals surface area (Å²) in [6.07, 6.45) is 1.47. The van der Waals surface area contributed by atoms with Crippen molar-refractivity contribution >= 4 is 58.6 Å². The third-order valence-electron chi connectivity index (χ3n) is 4.62. The molecule has 1 aromatic heterocycles. The predicted octanol–water partition coefficient (Wildman–Crippen LogP) is 5.89. The van der Waals surface area contributed by atoms with E-state index in [0.717, 1.165) is 5.56 Å². The molecule has 0 unspecified atom stereocenters. The molecule has 3 N–H and O–H groups in total. The van der Waals surface area contributed by atoms with Crippen molar-refractivity contribution < 1.29 is 4.92 Å². The van der Waals surface area contributed by atoms with Crippen LogP contribution < -0.4 is 16.1 Å². The number of nitrogens with one attached hydrogen (secondary N) is 3. The molecule has 12 heteroatoms. The second-order valence-electron chi connectivity index (χ2n) is 7.08. The van der Waals surface area contributed by atoms with Crippen molar-refractivity contribution in [3.63, 3.8) is 0 Å². The Hall–Kier alpha value is -4.28. The number of nitro groups is 1. The van der Waals surface area contributed by atoms with Crippen LogP contribution in [0.4, 0.5) is 29.2 Å². The summed E-state index contributed by atoms with van der Waals surface area (Å²) in [6, 6.07) is 20.8. The molecule has 176 valence electrons. The highest BCUT2D eigenvalue weighted by atomic mass is 35.5. The summed E-state index contributed by atoms with van der Waals surface area (Å²) in [5.41, 5.74) is 4.88. The SMILES string of the molecule is O=[N+]([O-])c1ccc(Nc2nc(NCc3ccccc3)nc(N/N=C\c3c(Cl)cccc3Cl)n2)cc1. The van der Waals surface area contributed by atoms with Gasteiger partial charge in [-0.25, -0.2) is 5.43 Å². The number of rotatable bonds is 9. The maximum absolute atomic E-state index is 10.9. The Morgan fingerprint density at radius 1 is 0.857 bits per heavy atom. The molecule has 1 heterocycles. The molecule has 0 amide bonds. The molecule has 0 aliphatic carbocycles. The van der Waals surface area contributed by atoms with Gasteiger partial charge in [0.2, 0.25) is 17.8 Å². The van der Waals surface area contributed by atoms with Crippen molar-refractivity contribution in [3.8, 4) is 0 Å². The van der Waals surface area contributed by atoms with E-state index < -0.39 is 4.92 Å². The number of hydrogen-bond donors (Lipinski definition) is 3. The molecule has 0 bridgehead atoms. The molecule has 3 aromatic carbocycles. The quantitative estimate of drug-likeness (QED) is 0.145. The van der Waals surface area contributed by atoms with E-state index in [9.17, 15) is 10.1 Å². The Balaban J connectivity index is 1.56. The van der Waals surface area contributed by atoms with Crippen LogP contribution in [0.5, 0.6) is 0 Å². The lowest BCUT2D eigenvalue weighted by atomic mass is 10.2. The summed E-state index contributed by atoms with van der Waals surface area (Å²) >= 11 is 12.4. The first kappa shape index (κ1) is 23.9. The maximum Gasteiger partial charge on any atom is 0.269 e. The van der Waals surface area contributed by atoms with Crippen molar-refractivity contribution in [2.45, 2.75) is 6.54 Å². The minimum absolute atomic E-state index is 0.0219. The molecule has 10 nitrogen and oxygen atoms in total. The number of anilines is 4. The summed E-state index contributed by atoms with van der Waals surface area (Å²) in [5.74, 6) is 0.652. The number of non-ortho nitro benzene ring substituents is 1. The second kappa shape index (κ2) is 11.2. The van der Waals surface area contributed by atoms with E-state index >= 15 is 0 Å². The van der Waals surface area contributed by atoms with E-state index in [1.54, 1.807) is 30.3 Å². The minimum Gasteiger partial charge on any atom is -0.350 e. The van der Waals surface area contributed by atoms with Gasteiger partial charge in [0.25, 0.3) is 5.69 Å². The number of hydrazone groups is 1. The van der Waals surface area contributed by atoms with Crippen LogP contribution in [0.1, 0.15) is 11.1 Å². The fourth-order valence-corrected chi connectivity index (χ4v) is 3.42. The molecule has 0 saturated carbocycles. The van der Waals surface area contributed by atoms with Crippen LogP contribution in [0, 0.1) is 10.1 Å². The van der Waals surface area contributed by atoms with Gasteiger partial charge in [-0.15, -0.1) is 0 Å². The number of benzene rings is 3. The first-order chi connectivity index (χ1) is 17.0. The van der Waals surface area contributed by atoms with Crippen LogP contribution in [-0.4, -0.2) is 26.1 Å². The average Bonchev–Trinajstić information content (AvgIpc) is 2.85. The van der Waals surface area contributed by atoms with E-state index in [1.165, 1.54) is 18.3 Å². The molecule has 0 aliphatic rings. The number of aromatic nitrogens is 3. The fourth-order valence-electron chi connectivity index (χ4n) is 2.92. The van der Waals surface area contributed by atoms with E-state index in [4.69, 9.17) is 23.2 Å². The van der Waals surface area contributed by atoms with Crippen molar-refractivity contribution in [3.05, 3.63) is 104 Å². The van der Waals surface area contributed by atoms with E-state index in [0.29, 0.717) is 33.8 Å². The highest BCUT2D eigenvalue weighted by Crippen LogP contribution is 2.23. The van der Waals surface area contributed by atoms with E-state index in [-0.39, 0.29) is 17.6 Å². The first-order valence-corrected chi connectivity index (χ1v) is 11.0. The zero-order valence-electron chi connectivity index (χ0n) is 18.0. The monoisotopic (exact) mass is 508 g/mol. The highest BCUT2D eigenvalue weighted by Gasteiger charge is 2.09. The lowest BCUT2D eigenvalue weighted by Gasteiger charge is -2.10. The van der Waals surface area contributed by atoms with Crippen molar-refractivity contribution in [2.24, 2.45) is 5.10 Å². The largest absolute Gasteiger partial charge is 0.350 e. The molecule has 4 aromatic rings. The molecular weight excluding hydrogens is 491 g/mol. The van der Waals surface area contributed by atoms with Crippen LogP contribution >= 0.6 is 23.2 Å². The van der Waals surface area contributed by atoms with E-state index in [1.807, 2.05) is 30.3 Å². The Morgan fingerprint density at radius 3 is 2.20 bits per heavy atom. The number of nitrogens with zero attached hydrogens (tertiary/aromatic N) is 5. The topological polar surface area (TPSA) is 130 Å². The normalized spacial score (nSPS) is 10.8. The maximum atomic E-state index is 10.9. The Bertz CT molecular complexity index is 1330. The molecule has 0 fully saturated rings. The van der Waals surface area contributed by atoms with Gasteiger partial charge in [-0.1, -0.05) is 59.6 Å². The molecule has 35 heavy (non-hydrogen) atoms. The first-order valence-electron chi connectivity index (χ1n) is 10.3. The summed E-state index contributed by atoms with van der Waals surface area (Å²) in [5, 5.41) is 22.1. The van der Waals surface area contributed by atoms with Crippen LogP contribution in [-0.2, 0) is 6.54 Å². The molecule has 0 radical (unpaired) electrons. The molecule has 0 aliphatic heterocycles. The van der Waals surface area contributed by atoms with Gasteiger partial charge in [-0.3, -0.25) is 10.1 Å². The highest BCUT2D eigenvalue weighted by molar-refractivity contribution is 6.38. The summed E-state index contributed by atoms with van der Waals surface area (Å²) < 4.78 is 0. The summed E-state index contributed by atoms with van der Waals surface area (Å²) in [7, 11) is 0. The molecule has 0 atom stereocenters. The third kappa shape index (κ3) is 6.62. The van der Waals surface area contributed by atoms with Gasteiger partial charge in [-0.2, -0.15) is 20.1 Å². The van der Waals surface area contributed by atoms with E-state index in [2.05, 4.69) is 36.1 Å². The van der Waals surface area contributed by atoms with Crippen molar-refractivity contribution in [1.29, 1.82) is 0 Å². The van der Waals surface area contributed by atoms with Gasteiger partial charge in [0, 0.05) is 29.9 Å². The van der Waals surface area contributed by atoms with Gasteiger partial charge >= 0.3 is 0 Å². The fraction of sp³-hybridized carbons (Fsp3) is 0.0435. The molecule has 4 rings (SSSR count). The van der Waals surface area contributed by atoms with Crippen LogP contribution in [0.2, 0.25) is 10.0 Å². The summed E-state index contributed by atoms with van der Waals surface area (Å²) in [6.45, 7) is 0.486. The lowest BCUT2D eigenvalue weighted by Crippen LogP contribution is -2.09. The zero-order valence-corrected chi connectivity index (χ0v) is 19.5. The van der Waals surface area contributed by atoms with Crippen LogP contribution in [0.15, 0.2) is 77.9 Å². The number of halogens is 2. The van der Waals surface area contributed by atoms with Gasteiger partial charge in [0.05, 0.1) is 21.2 Å². The van der Waals surface area contributed by atoms with Crippen LogP contribution in [0.3, 0.4) is 0 Å². The Labute approximate surface area is 210 Å². The minimum atomic E-state index is -0.469. The van der Waals surface area contributed by atoms with Gasteiger partial charge in [0.15, 0.2) is 0 Å². The smallest absolute Gasteiger partial charge is 0.269 e. The molecule has 0 spiro atoms. The third-order valence-corrected chi connectivity index (χ3v) is 5.28. The van der Waals surface area contributed by atoms with Gasteiger partial charge < -0.3 is 10.6 Å². The Kier molecular flexibility index (Phi) is 7.66. The molecular formula is C23H18Cl2N8O2. The van der Waals surface area contributed by atoms with Crippen molar-refractivity contribution in [2.75, 3.05) is 16.1 Å². The summed E-state index contributed by atoms with van der Waals surface area (Å²) in [4.78, 5) is 23.5. The average molecular weight is 509 g/mol. The van der Waals surface area contributed by atoms with Crippen molar-refractivity contribution in [1.82, 2.24) is 15.0 Å². The zero-order chi connectivity index (χ0) is 24.6. The van der Waals surface area contributed by atoms with Gasteiger partial charge in [-0.05, 0) is 29.8 Å². The number of nitro benzene ring substituents is 1. The lowest BCUT2D eigenvalue weighted by molar-refractivity contribution is -0.384. The second-order valence-corrected chi connectivity index (χ2v) is 7.89. The molecule has 0 saturated heterocycles. The van der Waals surface area contributed by atoms with Gasteiger partial charge in [0.1, 0.15) is 0 Å². The Morgan fingerprint density at radius 2 is 1.51 bits per heavy atom. The predicted molar refractivity (Wildman–Crippen MR) is 138 cm³/mol.